The molecule has 88 valence electrons. The van der Waals surface area contributed by atoms with Crippen LogP contribution in [0.2, 0.25) is 0 Å². The summed E-state index contributed by atoms with van der Waals surface area (Å²) in [5.41, 5.74) is 0.861. The monoisotopic (exact) mass is 234 g/mol. The molecule has 0 saturated carbocycles. The lowest BCUT2D eigenvalue weighted by Gasteiger charge is -2.01. The maximum Gasteiger partial charge on any atom is 0.316 e. The van der Waals surface area contributed by atoms with E-state index in [-0.39, 0.29) is 5.96 Å². The quantitative estimate of drug-likeness (QED) is 0.669. The van der Waals surface area contributed by atoms with Gasteiger partial charge in [-0.05, 0) is 11.6 Å². The Morgan fingerprint density at radius 2 is 2.06 bits per heavy atom. The van der Waals surface area contributed by atoms with Crippen molar-refractivity contribution in [2.24, 2.45) is 4.99 Å². The molecule has 0 aliphatic carbocycles. The number of guanidine groups is 1. The Balaban J connectivity index is 2.04. The fraction of sp³-hybridized carbons (Fsp3) is 0.200. The molecule has 1 fully saturated rings. The number of hydrogen-bond acceptors (Lipinski definition) is 5. The molecule has 0 aromatic carbocycles. The van der Waals surface area contributed by atoms with E-state index in [4.69, 9.17) is 4.74 Å². The second-order valence-electron chi connectivity index (χ2n) is 3.28. The third-order valence-electron chi connectivity index (χ3n) is 2.10. The zero-order valence-electron chi connectivity index (χ0n) is 9.06. The minimum Gasteiger partial charge on any atom is -0.481 e. The van der Waals surface area contributed by atoms with Gasteiger partial charge in [0.25, 0.3) is 0 Å². The molecule has 0 spiro atoms. The predicted octanol–water partition coefficient (Wildman–Crippen LogP) is -0.808. The van der Waals surface area contributed by atoms with Gasteiger partial charge in [-0.15, -0.1) is 0 Å². The number of carbonyl (C=O) groups is 2. The highest BCUT2D eigenvalue weighted by Gasteiger charge is 2.24. The minimum absolute atomic E-state index is 0.163. The highest BCUT2D eigenvalue weighted by Crippen LogP contribution is 2.09. The topological polar surface area (TPSA) is 92.7 Å². The molecule has 0 bridgehead atoms. The van der Waals surface area contributed by atoms with E-state index in [0.717, 1.165) is 5.56 Å². The number of aliphatic imine (C=N–C) groups is 1. The molecule has 2 rings (SSSR count). The standard InChI is InChI=1S/C10H10N4O3/c1-17-7-4-6(2-3-11-7)5-12-10-13-8(15)9(16)14-10/h2-4H,5H2,1H3,(H2,12,13,14,15,16). The molecule has 0 atom stereocenters. The van der Waals surface area contributed by atoms with E-state index in [0.29, 0.717) is 12.4 Å². The third-order valence-corrected chi connectivity index (χ3v) is 2.10. The van der Waals surface area contributed by atoms with Crippen LogP contribution in [0.4, 0.5) is 0 Å². The van der Waals surface area contributed by atoms with Crippen LogP contribution in [0.25, 0.3) is 0 Å². The first kappa shape index (κ1) is 11.1. The summed E-state index contributed by atoms with van der Waals surface area (Å²) in [6, 6.07) is 3.49. The number of pyridine rings is 1. The minimum atomic E-state index is -0.698. The summed E-state index contributed by atoms with van der Waals surface area (Å²) in [6.45, 7) is 0.314. The lowest BCUT2D eigenvalue weighted by molar-refractivity contribution is -0.135. The van der Waals surface area contributed by atoms with Crippen molar-refractivity contribution in [1.29, 1.82) is 0 Å². The first-order chi connectivity index (χ1) is 8.19. The summed E-state index contributed by atoms with van der Waals surface area (Å²) in [7, 11) is 1.52. The Labute approximate surface area is 96.9 Å². The van der Waals surface area contributed by atoms with E-state index in [9.17, 15) is 9.59 Å². The maximum absolute atomic E-state index is 10.9. The smallest absolute Gasteiger partial charge is 0.316 e. The molecule has 0 unspecified atom stereocenters. The van der Waals surface area contributed by atoms with Crippen molar-refractivity contribution in [2.45, 2.75) is 6.54 Å². The summed E-state index contributed by atoms with van der Waals surface area (Å²) < 4.78 is 4.96. The molecule has 1 aliphatic rings. The fourth-order valence-corrected chi connectivity index (χ4v) is 1.27. The lowest BCUT2D eigenvalue weighted by Crippen LogP contribution is -2.25. The molecule has 0 radical (unpaired) electrons. The SMILES string of the molecule is COc1cc(CN=C2NC(=O)C(=O)N2)ccn1. The largest absolute Gasteiger partial charge is 0.481 e. The van der Waals surface area contributed by atoms with Gasteiger partial charge >= 0.3 is 11.8 Å². The highest BCUT2D eigenvalue weighted by atomic mass is 16.5. The van der Waals surface area contributed by atoms with Crippen molar-refractivity contribution in [3.05, 3.63) is 23.9 Å². The van der Waals surface area contributed by atoms with Crippen LogP contribution in [0, 0.1) is 0 Å². The number of aromatic nitrogens is 1. The maximum atomic E-state index is 10.9. The average Bonchev–Trinajstić information content (AvgIpc) is 2.67. The predicted molar refractivity (Wildman–Crippen MR) is 58.2 cm³/mol. The number of ether oxygens (including phenoxy) is 1. The van der Waals surface area contributed by atoms with Crippen LogP contribution in [-0.2, 0) is 16.1 Å². The number of nitrogens with one attached hydrogen (secondary N) is 2. The van der Waals surface area contributed by atoms with Gasteiger partial charge in [0.1, 0.15) is 0 Å². The molecule has 1 saturated heterocycles. The van der Waals surface area contributed by atoms with Crippen molar-refractivity contribution >= 4 is 17.8 Å². The molecule has 17 heavy (non-hydrogen) atoms. The fourth-order valence-electron chi connectivity index (χ4n) is 1.27. The first-order valence-corrected chi connectivity index (χ1v) is 4.85. The molecule has 7 nitrogen and oxygen atoms in total. The van der Waals surface area contributed by atoms with Crippen molar-refractivity contribution in [1.82, 2.24) is 15.6 Å². The van der Waals surface area contributed by atoms with Gasteiger partial charge in [-0.1, -0.05) is 0 Å². The van der Waals surface area contributed by atoms with Gasteiger partial charge in [0.15, 0.2) is 0 Å². The Morgan fingerprint density at radius 1 is 1.35 bits per heavy atom. The van der Waals surface area contributed by atoms with Crippen molar-refractivity contribution in [3.8, 4) is 5.88 Å². The summed E-state index contributed by atoms with van der Waals surface area (Å²) in [4.78, 5) is 29.7. The second-order valence-corrected chi connectivity index (χ2v) is 3.28. The summed E-state index contributed by atoms with van der Waals surface area (Å²) >= 11 is 0. The van der Waals surface area contributed by atoms with E-state index in [1.807, 2.05) is 0 Å². The first-order valence-electron chi connectivity index (χ1n) is 4.85. The van der Waals surface area contributed by atoms with Crippen molar-refractivity contribution in [3.63, 3.8) is 0 Å². The Bertz CT molecular complexity index is 480. The number of nitrogens with zero attached hydrogens (tertiary/aromatic N) is 2. The molecular formula is C10H10N4O3. The highest BCUT2D eigenvalue weighted by molar-refractivity contribution is 6.45. The van der Waals surface area contributed by atoms with Crippen LogP contribution in [0.5, 0.6) is 5.88 Å². The van der Waals surface area contributed by atoms with Crippen LogP contribution in [0.15, 0.2) is 23.3 Å². The Morgan fingerprint density at radius 3 is 2.71 bits per heavy atom. The lowest BCUT2D eigenvalue weighted by atomic mass is 10.3. The normalized spacial score (nSPS) is 14.3. The number of carbonyl (C=O) groups excluding carboxylic acids is 2. The van der Waals surface area contributed by atoms with Gasteiger partial charge in [-0.3, -0.25) is 20.2 Å². The summed E-state index contributed by atoms with van der Waals surface area (Å²) in [5, 5.41) is 4.61. The summed E-state index contributed by atoms with van der Waals surface area (Å²) in [5.74, 6) is -0.745. The van der Waals surface area contributed by atoms with Crippen LogP contribution in [0.3, 0.4) is 0 Å². The molecule has 1 aromatic heterocycles. The number of hydrogen-bond donors (Lipinski definition) is 2. The molecule has 1 aromatic rings. The van der Waals surface area contributed by atoms with Crippen LogP contribution in [0.1, 0.15) is 5.56 Å². The molecule has 2 N–H and O–H groups in total. The molecule has 1 aliphatic heterocycles. The zero-order valence-corrected chi connectivity index (χ0v) is 9.06. The van der Waals surface area contributed by atoms with Gasteiger partial charge in [-0.2, -0.15) is 0 Å². The third kappa shape index (κ3) is 2.57. The Kier molecular flexibility index (Phi) is 2.99. The van der Waals surface area contributed by atoms with Gasteiger partial charge in [0.05, 0.1) is 13.7 Å². The Hall–Kier alpha value is -2.44. The molecular weight excluding hydrogens is 224 g/mol. The van der Waals surface area contributed by atoms with Crippen molar-refractivity contribution < 1.29 is 14.3 Å². The van der Waals surface area contributed by atoms with E-state index in [1.54, 1.807) is 18.3 Å². The second kappa shape index (κ2) is 4.60. The average molecular weight is 234 g/mol. The van der Waals surface area contributed by atoms with Crippen LogP contribution in [-0.4, -0.2) is 29.9 Å². The van der Waals surface area contributed by atoms with E-state index in [1.165, 1.54) is 7.11 Å². The van der Waals surface area contributed by atoms with Gasteiger partial charge in [-0.25, -0.2) is 9.98 Å². The number of methoxy groups -OCH3 is 1. The van der Waals surface area contributed by atoms with E-state index < -0.39 is 11.8 Å². The summed E-state index contributed by atoms with van der Waals surface area (Å²) in [6.07, 6.45) is 1.60. The van der Waals surface area contributed by atoms with Gasteiger partial charge in [0.2, 0.25) is 11.8 Å². The molecule has 7 heteroatoms. The molecule has 2 heterocycles. The van der Waals surface area contributed by atoms with Crippen LogP contribution >= 0.6 is 0 Å². The van der Waals surface area contributed by atoms with Crippen LogP contribution < -0.4 is 15.4 Å². The van der Waals surface area contributed by atoms with E-state index in [2.05, 4.69) is 20.6 Å². The number of amides is 2. The van der Waals surface area contributed by atoms with Gasteiger partial charge < -0.3 is 4.74 Å². The van der Waals surface area contributed by atoms with E-state index >= 15 is 0 Å². The molecule has 2 amide bonds. The van der Waals surface area contributed by atoms with Gasteiger partial charge in [0, 0.05) is 12.3 Å². The number of rotatable bonds is 3. The zero-order chi connectivity index (χ0) is 12.3. The van der Waals surface area contributed by atoms with Crippen molar-refractivity contribution in [2.75, 3.05) is 7.11 Å².